The Balaban J connectivity index is 1.00. The molecule has 254 valence electrons. The number of ether oxygens (including phenoxy) is 2. The van der Waals surface area contributed by atoms with E-state index < -0.39 is 0 Å². The molecule has 9 aromatic carbocycles. The van der Waals surface area contributed by atoms with Crippen LogP contribution in [-0.4, -0.2) is 0 Å². The highest BCUT2D eigenvalue weighted by Crippen LogP contribution is 2.47. The standard InChI is InChI=1S/C51H33NO2/c1-2-8-33(9-3-1)34-18-23-42(24-19-34)52(44-26-21-40-29-39-10-4-5-13-45(39)46(40)32-44)43-25-20-35-16-17-37(28-41(35)30-43)38-22-27-47-50(31-38)54-49-15-7-12-36-11-6-14-48(53-47)51(36)49/h1-28,30-32H,29H2. The van der Waals surface area contributed by atoms with Crippen molar-refractivity contribution in [3.8, 4) is 56.4 Å². The van der Waals surface area contributed by atoms with E-state index >= 15 is 0 Å². The van der Waals surface area contributed by atoms with Gasteiger partial charge in [-0.2, -0.15) is 0 Å². The maximum atomic E-state index is 6.53. The quantitative estimate of drug-likeness (QED) is 0.179. The first-order valence-electron chi connectivity index (χ1n) is 18.4. The van der Waals surface area contributed by atoms with Gasteiger partial charge in [0.15, 0.2) is 11.5 Å². The van der Waals surface area contributed by atoms with E-state index in [9.17, 15) is 0 Å². The molecule has 0 unspecified atom stereocenters. The van der Waals surface area contributed by atoms with Crippen LogP contribution in [0.3, 0.4) is 0 Å². The van der Waals surface area contributed by atoms with Crippen LogP contribution < -0.4 is 14.4 Å². The number of fused-ring (bicyclic) bond motifs is 5. The van der Waals surface area contributed by atoms with Gasteiger partial charge in [-0.1, -0.05) is 121 Å². The van der Waals surface area contributed by atoms with Crippen molar-refractivity contribution in [2.75, 3.05) is 4.90 Å². The molecular weight excluding hydrogens is 659 g/mol. The van der Waals surface area contributed by atoms with Crippen LogP contribution >= 0.6 is 0 Å². The van der Waals surface area contributed by atoms with E-state index in [-0.39, 0.29) is 0 Å². The average molecular weight is 692 g/mol. The van der Waals surface area contributed by atoms with Crippen LogP contribution in [-0.2, 0) is 6.42 Å². The minimum atomic E-state index is 0.702. The first-order chi connectivity index (χ1) is 26.7. The molecule has 1 aliphatic heterocycles. The fourth-order valence-corrected chi connectivity index (χ4v) is 8.22. The summed E-state index contributed by atoms with van der Waals surface area (Å²) in [5.74, 6) is 3.01. The second kappa shape index (κ2) is 12.3. The Kier molecular flexibility index (Phi) is 6.93. The third-order valence-electron chi connectivity index (χ3n) is 10.9. The van der Waals surface area contributed by atoms with E-state index in [0.717, 1.165) is 62.3 Å². The molecule has 9 aromatic rings. The van der Waals surface area contributed by atoms with Gasteiger partial charge in [-0.05, 0) is 134 Å². The third-order valence-corrected chi connectivity index (χ3v) is 10.9. The van der Waals surface area contributed by atoms with Gasteiger partial charge in [0.1, 0.15) is 11.5 Å². The summed E-state index contributed by atoms with van der Waals surface area (Å²) >= 11 is 0. The number of nitrogens with zero attached hydrogens (tertiary/aromatic N) is 1. The summed E-state index contributed by atoms with van der Waals surface area (Å²) in [6.45, 7) is 0. The number of rotatable bonds is 5. The van der Waals surface area contributed by atoms with E-state index in [1.54, 1.807) is 0 Å². The highest BCUT2D eigenvalue weighted by molar-refractivity contribution is 5.96. The Morgan fingerprint density at radius 2 is 0.963 bits per heavy atom. The largest absolute Gasteiger partial charge is 0.453 e. The molecule has 3 nitrogen and oxygen atoms in total. The topological polar surface area (TPSA) is 21.7 Å². The van der Waals surface area contributed by atoms with Crippen LogP contribution in [0.1, 0.15) is 11.1 Å². The summed E-state index contributed by atoms with van der Waals surface area (Å²) in [5, 5.41) is 4.42. The number of hydrogen-bond acceptors (Lipinski definition) is 3. The van der Waals surface area contributed by atoms with E-state index in [1.807, 2.05) is 30.3 Å². The van der Waals surface area contributed by atoms with Gasteiger partial charge in [-0.25, -0.2) is 0 Å². The van der Waals surface area contributed by atoms with Crippen molar-refractivity contribution >= 4 is 38.6 Å². The molecule has 0 atom stereocenters. The summed E-state index contributed by atoms with van der Waals surface area (Å²) in [6, 6.07) is 67.1. The summed E-state index contributed by atoms with van der Waals surface area (Å²) in [4.78, 5) is 2.38. The van der Waals surface area contributed by atoms with Crippen LogP contribution in [0.2, 0.25) is 0 Å². The molecule has 0 bridgehead atoms. The summed E-state index contributed by atoms with van der Waals surface area (Å²) in [6.07, 6.45) is 0.971. The molecular formula is C51H33NO2. The minimum Gasteiger partial charge on any atom is -0.453 e. The number of anilines is 3. The Hall–Kier alpha value is -7.10. The fourth-order valence-electron chi connectivity index (χ4n) is 8.22. The van der Waals surface area contributed by atoms with Crippen molar-refractivity contribution in [1.29, 1.82) is 0 Å². The normalized spacial score (nSPS) is 12.3. The van der Waals surface area contributed by atoms with E-state index in [0.29, 0.717) is 11.5 Å². The minimum absolute atomic E-state index is 0.702. The SMILES string of the molecule is c1ccc(-c2ccc(N(c3ccc4c(c3)-c3ccccc3C4)c3ccc4ccc(-c5ccc6c(c5)Oc5cccc7cccc(c57)O6)cc4c3)cc2)cc1. The van der Waals surface area contributed by atoms with Crippen LogP contribution in [0.15, 0.2) is 188 Å². The molecule has 0 spiro atoms. The van der Waals surface area contributed by atoms with Gasteiger partial charge >= 0.3 is 0 Å². The molecule has 1 aliphatic carbocycles. The fraction of sp³-hybridized carbons (Fsp3) is 0.0196. The zero-order chi connectivity index (χ0) is 35.6. The second-order valence-electron chi connectivity index (χ2n) is 14.1. The van der Waals surface area contributed by atoms with Crippen LogP contribution in [0.4, 0.5) is 17.1 Å². The van der Waals surface area contributed by atoms with Crippen LogP contribution in [0, 0.1) is 0 Å². The van der Waals surface area contributed by atoms with Crippen molar-refractivity contribution in [3.05, 3.63) is 199 Å². The first kappa shape index (κ1) is 30.5. The molecule has 0 radical (unpaired) electrons. The van der Waals surface area contributed by atoms with Gasteiger partial charge < -0.3 is 14.4 Å². The van der Waals surface area contributed by atoms with Gasteiger partial charge in [0.25, 0.3) is 0 Å². The summed E-state index contributed by atoms with van der Waals surface area (Å²) < 4.78 is 12.9. The molecule has 3 heteroatoms. The molecule has 0 saturated heterocycles. The first-order valence-corrected chi connectivity index (χ1v) is 18.4. The van der Waals surface area contributed by atoms with Crippen LogP contribution in [0.25, 0.3) is 54.9 Å². The zero-order valence-electron chi connectivity index (χ0n) is 29.4. The van der Waals surface area contributed by atoms with Gasteiger partial charge in [0.05, 0.1) is 5.39 Å². The molecule has 0 N–H and O–H groups in total. The van der Waals surface area contributed by atoms with Crippen molar-refractivity contribution in [2.24, 2.45) is 0 Å². The number of hydrogen-bond donors (Lipinski definition) is 0. The van der Waals surface area contributed by atoms with Gasteiger partial charge in [0.2, 0.25) is 0 Å². The van der Waals surface area contributed by atoms with Gasteiger partial charge in [-0.3, -0.25) is 0 Å². The van der Waals surface area contributed by atoms with E-state index in [4.69, 9.17) is 9.47 Å². The van der Waals surface area contributed by atoms with Gasteiger partial charge in [0, 0.05) is 17.1 Å². The number of benzene rings is 9. The maximum Gasteiger partial charge on any atom is 0.170 e. The third kappa shape index (κ3) is 5.13. The van der Waals surface area contributed by atoms with Crippen molar-refractivity contribution in [2.45, 2.75) is 6.42 Å². The lowest BCUT2D eigenvalue weighted by molar-refractivity contribution is 0.439. The predicted molar refractivity (Wildman–Crippen MR) is 222 cm³/mol. The summed E-state index contributed by atoms with van der Waals surface area (Å²) in [7, 11) is 0. The second-order valence-corrected chi connectivity index (χ2v) is 14.1. The molecule has 0 amide bonds. The Labute approximate surface area is 313 Å². The lowest BCUT2D eigenvalue weighted by atomic mass is 9.99. The smallest absolute Gasteiger partial charge is 0.170 e. The zero-order valence-corrected chi connectivity index (χ0v) is 29.4. The van der Waals surface area contributed by atoms with E-state index in [2.05, 4.69) is 163 Å². The average Bonchev–Trinajstić information content (AvgIpc) is 3.51. The molecule has 0 fully saturated rings. The Morgan fingerprint density at radius 3 is 1.81 bits per heavy atom. The van der Waals surface area contributed by atoms with Gasteiger partial charge in [-0.15, -0.1) is 0 Å². The maximum absolute atomic E-state index is 6.53. The van der Waals surface area contributed by atoms with Crippen molar-refractivity contribution < 1.29 is 9.47 Å². The lowest BCUT2D eigenvalue weighted by Crippen LogP contribution is -2.10. The Bertz CT molecular complexity index is 2910. The van der Waals surface area contributed by atoms with Crippen molar-refractivity contribution in [1.82, 2.24) is 0 Å². The monoisotopic (exact) mass is 691 g/mol. The predicted octanol–water partition coefficient (Wildman–Crippen LogP) is 14.3. The molecule has 1 heterocycles. The molecule has 11 rings (SSSR count). The molecule has 0 aromatic heterocycles. The summed E-state index contributed by atoms with van der Waals surface area (Å²) in [5.41, 5.74) is 13.3. The molecule has 2 aliphatic rings. The van der Waals surface area contributed by atoms with Crippen molar-refractivity contribution in [3.63, 3.8) is 0 Å². The molecule has 54 heavy (non-hydrogen) atoms. The Morgan fingerprint density at radius 1 is 0.333 bits per heavy atom. The van der Waals surface area contributed by atoms with Crippen LogP contribution in [0.5, 0.6) is 23.0 Å². The van der Waals surface area contributed by atoms with E-state index in [1.165, 1.54) is 38.8 Å². The lowest BCUT2D eigenvalue weighted by Gasteiger charge is -2.27. The highest BCUT2D eigenvalue weighted by Gasteiger charge is 2.22. The highest BCUT2D eigenvalue weighted by atomic mass is 16.5. The molecule has 0 saturated carbocycles.